The van der Waals surface area contributed by atoms with E-state index < -0.39 is 12.0 Å². The highest BCUT2D eigenvalue weighted by Crippen LogP contribution is 2.27. The van der Waals surface area contributed by atoms with Crippen LogP contribution >= 0.6 is 0 Å². The molecule has 0 aromatic heterocycles. The van der Waals surface area contributed by atoms with Crippen molar-refractivity contribution in [2.75, 3.05) is 0 Å². The molecular formula is C25H27NO2. The second kappa shape index (κ2) is 10.4. The van der Waals surface area contributed by atoms with Gasteiger partial charge in [0.15, 0.2) is 0 Å². The van der Waals surface area contributed by atoms with Gasteiger partial charge in [-0.25, -0.2) is 0 Å². The molecule has 3 aromatic rings. The van der Waals surface area contributed by atoms with Gasteiger partial charge in [0.2, 0.25) is 5.91 Å². The molecule has 28 heavy (non-hydrogen) atoms. The maximum absolute atomic E-state index is 12.9. The lowest BCUT2D eigenvalue weighted by atomic mass is 9.89. The second-order valence-corrected chi connectivity index (χ2v) is 7.04. The zero-order chi connectivity index (χ0) is 19.6. The average Bonchev–Trinajstić information content (AvgIpc) is 2.77. The van der Waals surface area contributed by atoms with Crippen LogP contribution in [0.3, 0.4) is 0 Å². The van der Waals surface area contributed by atoms with Crippen LogP contribution in [0, 0.1) is 5.92 Å². The third-order valence-corrected chi connectivity index (χ3v) is 4.99. The van der Waals surface area contributed by atoms with Crippen molar-refractivity contribution >= 4 is 5.91 Å². The maximum atomic E-state index is 12.9. The summed E-state index contributed by atoms with van der Waals surface area (Å²) in [6.45, 7) is 0.469. The molecule has 0 unspecified atom stereocenters. The predicted octanol–water partition coefficient (Wildman–Crippen LogP) is 4.68. The molecule has 0 radical (unpaired) electrons. The number of hydrogen-bond donors (Lipinski definition) is 2. The van der Waals surface area contributed by atoms with Gasteiger partial charge in [-0.1, -0.05) is 91.0 Å². The average molecular weight is 373 g/mol. The highest BCUT2D eigenvalue weighted by Gasteiger charge is 2.27. The van der Waals surface area contributed by atoms with Gasteiger partial charge >= 0.3 is 0 Å². The molecule has 3 aromatic carbocycles. The highest BCUT2D eigenvalue weighted by molar-refractivity contribution is 5.79. The number of aliphatic hydroxyl groups is 1. The summed E-state index contributed by atoms with van der Waals surface area (Å²) in [6.07, 6.45) is 1.56. The first-order chi connectivity index (χ1) is 13.7. The molecule has 3 heteroatoms. The van der Waals surface area contributed by atoms with Crippen LogP contribution in [0.4, 0.5) is 0 Å². The van der Waals surface area contributed by atoms with Crippen LogP contribution < -0.4 is 5.32 Å². The van der Waals surface area contributed by atoms with Crippen LogP contribution in [0.5, 0.6) is 0 Å². The van der Waals surface area contributed by atoms with Crippen molar-refractivity contribution in [2.45, 2.75) is 31.9 Å². The van der Waals surface area contributed by atoms with Crippen molar-refractivity contribution in [1.82, 2.24) is 5.32 Å². The molecule has 0 aliphatic carbocycles. The van der Waals surface area contributed by atoms with Gasteiger partial charge in [0, 0.05) is 6.54 Å². The molecule has 2 N–H and O–H groups in total. The smallest absolute Gasteiger partial charge is 0.226 e. The number of aryl methyl sites for hydroxylation is 1. The van der Waals surface area contributed by atoms with E-state index in [0.29, 0.717) is 13.0 Å². The number of carbonyl (C=O) groups is 1. The molecule has 0 bridgehead atoms. The van der Waals surface area contributed by atoms with Crippen LogP contribution in [0.25, 0.3) is 0 Å². The summed E-state index contributed by atoms with van der Waals surface area (Å²) in [5, 5.41) is 13.9. The maximum Gasteiger partial charge on any atom is 0.226 e. The van der Waals surface area contributed by atoms with E-state index in [1.165, 1.54) is 5.56 Å². The lowest BCUT2D eigenvalue weighted by Crippen LogP contribution is -2.34. The lowest BCUT2D eigenvalue weighted by Gasteiger charge is -2.23. The van der Waals surface area contributed by atoms with E-state index >= 15 is 0 Å². The molecule has 144 valence electrons. The minimum atomic E-state index is -0.812. The Labute approximate surface area is 167 Å². The van der Waals surface area contributed by atoms with Gasteiger partial charge in [-0.3, -0.25) is 4.79 Å². The van der Waals surface area contributed by atoms with E-state index in [4.69, 9.17) is 0 Å². The third kappa shape index (κ3) is 5.80. The Hall–Kier alpha value is -2.91. The molecule has 0 saturated heterocycles. The van der Waals surface area contributed by atoms with Crippen molar-refractivity contribution in [1.29, 1.82) is 0 Å². The van der Waals surface area contributed by atoms with Crippen LogP contribution in [0.15, 0.2) is 91.0 Å². The fraction of sp³-hybridized carbons (Fsp3) is 0.240. The number of rotatable bonds is 9. The summed E-state index contributed by atoms with van der Waals surface area (Å²) in [6, 6.07) is 29.5. The zero-order valence-corrected chi connectivity index (χ0v) is 16.0. The first-order valence-corrected chi connectivity index (χ1v) is 9.82. The summed E-state index contributed by atoms with van der Waals surface area (Å²) in [4.78, 5) is 12.9. The largest absolute Gasteiger partial charge is 0.388 e. The third-order valence-electron chi connectivity index (χ3n) is 4.99. The number of carbonyl (C=O) groups excluding carboxylic acids is 1. The molecule has 2 atom stereocenters. The highest BCUT2D eigenvalue weighted by atomic mass is 16.3. The summed E-state index contributed by atoms with van der Waals surface area (Å²) in [5.41, 5.74) is 3.08. The van der Waals surface area contributed by atoms with Gasteiger partial charge in [0.25, 0.3) is 0 Å². The van der Waals surface area contributed by atoms with Crippen LogP contribution in [-0.2, 0) is 17.8 Å². The second-order valence-electron chi connectivity index (χ2n) is 7.04. The Bertz CT molecular complexity index is 834. The monoisotopic (exact) mass is 373 g/mol. The standard InChI is InChI=1S/C25H27NO2/c27-24(22-16-8-3-9-17-22)23(18-10-15-20-11-4-1-5-12-20)25(28)26-19-21-13-6-2-7-14-21/h1-9,11-14,16-17,23-24,27H,10,15,18-19H2,(H,26,28)/t23-,24+/m1/s1. The zero-order valence-electron chi connectivity index (χ0n) is 16.0. The van der Waals surface area contributed by atoms with Gasteiger partial charge < -0.3 is 10.4 Å². The number of amides is 1. The summed E-state index contributed by atoms with van der Waals surface area (Å²) < 4.78 is 0. The van der Waals surface area contributed by atoms with Crippen molar-refractivity contribution < 1.29 is 9.90 Å². The first kappa shape index (κ1) is 19.8. The van der Waals surface area contributed by atoms with Gasteiger partial charge in [-0.05, 0) is 36.0 Å². The SMILES string of the molecule is O=C(NCc1ccccc1)[C@H](CCCc1ccccc1)[C@@H](O)c1ccccc1. The number of aliphatic hydroxyl groups excluding tert-OH is 1. The Balaban J connectivity index is 1.65. The molecule has 0 saturated carbocycles. The Morgan fingerprint density at radius 3 is 1.93 bits per heavy atom. The van der Waals surface area contributed by atoms with Crippen LogP contribution in [0.2, 0.25) is 0 Å². The van der Waals surface area contributed by atoms with Crippen molar-refractivity contribution in [3.8, 4) is 0 Å². The van der Waals surface area contributed by atoms with E-state index in [0.717, 1.165) is 24.0 Å². The van der Waals surface area contributed by atoms with E-state index in [1.807, 2.05) is 78.9 Å². The normalized spacial score (nSPS) is 12.9. The molecule has 0 aliphatic rings. The fourth-order valence-electron chi connectivity index (χ4n) is 3.40. The van der Waals surface area contributed by atoms with Crippen LogP contribution in [0.1, 0.15) is 35.6 Å². The first-order valence-electron chi connectivity index (χ1n) is 9.82. The summed E-state index contributed by atoms with van der Waals surface area (Å²) in [5.74, 6) is -0.580. The predicted molar refractivity (Wildman–Crippen MR) is 113 cm³/mol. The lowest BCUT2D eigenvalue weighted by molar-refractivity contribution is -0.129. The molecule has 3 nitrogen and oxygen atoms in total. The Morgan fingerprint density at radius 1 is 0.786 bits per heavy atom. The molecule has 0 fully saturated rings. The van der Waals surface area contributed by atoms with Gasteiger partial charge in [-0.2, -0.15) is 0 Å². The number of benzene rings is 3. The van der Waals surface area contributed by atoms with Crippen LogP contribution in [-0.4, -0.2) is 11.0 Å². The molecule has 0 spiro atoms. The minimum Gasteiger partial charge on any atom is -0.388 e. The van der Waals surface area contributed by atoms with Crippen molar-refractivity contribution in [3.63, 3.8) is 0 Å². The molecule has 0 heterocycles. The van der Waals surface area contributed by atoms with Crippen molar-refractivity contribution in [2.24, 2.45) is 5.92 Å². The molecule has 3 rings (SSSR count). The quantitative estimate of drug-likeness (QED) is 0.572. The summed E-state index contributed by atoms with van der Waals surface area (Å²) >= 11 is 0. The molecule has 1 amide bonds. The number of hydrogen-bond acceptors (Lipinski definition) is 2. The molecular weight excluding hydrogens is 346 g/mol. The van der Waals surface area contributed by atoms with Gasteiger partial charge in [0.05, 0.1) is 12.0 Å². The van der Waals surface area contributed by atoms with E-state index in [-0.39, 0.29) is 5.91 Å². The summed E-state index contributed by atoms with van der Waals surface area (Å²) in [7, 11) is 0. The fourth-order valence-corrected chi connectivity index (χ4v) is 3.40. The Kier molecular flexibility index (Phi) is 7.39. The Morgan fingerprint density at radius 2 is 1.32 bits per heavy atom. The van der Waals surface area contributed by atoms with E-state index in [1.54, 1.807) is 0 Å². The van der Waals surface area contributed by atoms with Gasteiger partial charge in [-0.15, -0.1) is 0 Å². The van der Waals surface area contributed by atoms with Crippen molar-refractivity contribution in [3.05, 3.63) is 108 Å². The van der Waals surface area contributed by atoms with Gasteiger partial charge in [0.1, 0.15) is 0 Å². The van der Waals surface area contributed by atoms with E-state index in [2.05, 4.69) is 17.4 Å². The minimum absolute atomic E-state index is 0.103. The van der Waals surface area contributed by atoms with E-state index in [9.17, 15) is 9.90 Å². The number of nitrogens with one attached hydrogen (secondary N) is 1. The molecule has 0 aliphatic heterocycles. The topological polar surface area (TPSA) is 49.3 Å².